The van der Waals surface area contributed by atoms with E-state index in [4.69, 9.17) is 14.7 Å². The van der Waals surface area contributed by atoms with E-state index in [2.05, 4.69) is 30.3 Å². The first-order chi connectivity index (χ1) is 27.1. The number of halogens is 2. The van der Waals surface area contributed by atoms with Gasteiger partial charge in [-0.3, -0.25) is 0 Å². The summed E-state index contributed by atoms with van der Waals surface area (Å²) in [5.74, 6) is -0.787. The second-order valence-electron chi connectivity index (χ2n) is 12.9. The maximum Gasteiger partial charge on any atom is 0.203 e. The van der Waals surface area contributed by atoms with Gasteiger partial charge in [0, 0.05) is 50.9 Å². The lowest BCUT2D eigenvalue weighted by molar-refractivity contribution is 0.172. The fraction of sp³-hybridized carbons (Fsp3) is 0.0612. The summed E-state index contributed by atoms with van der Waals surface area (Å²) in [6, 6.07) is 57.8. The van der Waals surface area contributed by atoms with Crippen LogP contribution < -0.4 is 4.74 Å². The monoisotopic (exact) mass is 721 g/mol. The lowest BCUT2D eigenvalue weighted by atomic mass is 10.0. The molecule has 0 saturated heterocycles. The molecule has 4 nitrogen and oxygen atoms in total. The molecule has 0 N–H and O–H groups in total. The van der Waals surface area contributed by atoms with Gasteiger partial charge < -0.3 is 9.30 Å². The molecule has 8 aromatic rings. The number of benzene rings is 7. The minimum absolute atomic E-state index is 0.354. The summed E-state index contributed by atoms with van der Waals surface area (Å²) in [5.41, 5.74) is 10.00. The molecule has 1 aliphatic heterocycles. The molecule has 2 heterocycles. The molecule has 6 heteroatoms. The minimum atomic E-state index is -0.847. The standard InChI is InChI=1S/C47H31F2N3O.C2H6/c48-37-25-36(26-38(49)29-37)47-52-42-24-22-39(50-45(31-13-5-1-6-14-31)32-15-7-2-8-16-32)27-35(42)28-43(52)41-23-21-40(30-44(41)53-47)51-46(33-17-9-3-10-18-33)34-19-11-4-12-20-34;1-2/h1-30,47H;1-2H3. The molecule has 0 radical (unpaired) electrons. The van der Waals surface area contributed by atoms with Crippen LogP contribution in [0.25, 0.3) is 22.2 Å². The highest BCUT2D eigenvalue weighted by Crippen LogP contribution is 2.46. The van der Waals surface area contributed by atoms with Gasteiger partial charge >= 0.3 is 0 Å². The Morgan fingerprint density at radius 1 is 0.509 bits per heavy atom. The zero-order chi connectivity index (χ0) is 37.7. The SMILES string of the molecule is CC.Fc1cc(F)cc(C2Oc3cc(N=C(c4ccccc4)c4ccccc4)ccc3-c3cc4cc(N=C(c5ccccc5)c5ccccc5)ccc4n32)c1. The number of hydrogen-bond acceptors (Lipinski definition) is 3. The molecule has 1 aromatic heterocycles. The summed E-state index contributed by atoms with van der Waals surface area (Å²) in [6.07, 6.45) is -0.847. The Morgan fingerprint density at radius 3 is 1.45 bits per heavy atom. The largest absolute Gasteiger partial charge is 0.465 e. The molecular formula is C49H37F2N3O. The fourth-order valence-electron chi connectivity index (χ4n) is 6.98. The van der Waals surface area contributed by atoms with E-state index in [0.717, 1.165) is 67.6 Å². The summed E-state index contributed by atoms with van der Waals surface area (Å²) >= 11 is 0. The molecule has 1 unspecified atom stereocenters. The summed E-state index contributed by atoms with van der Waals surface area (Å²) in [6.45, 7) is 4.00. The van der Waals surface area contributed by atoms with Gasteiger partial charge in [0.05, 0.1) is 34.0 Å². The van der Waals surface area contributed by atoms with Gasteiger partial charge in [-0.1, -0.05) is 135 Å². The molecule has 9 rings (SSSR count). The summed E-state index contributed by atoms with van der Waals surface area (Å²) in [7, 11) is 0. The Balaban J connectivity index is 0.00000210. The van der Waals surface area contributed by atoms with Gasteiger partial charge in [0.15, 0.2) is 0 Å². The molecule has 1 atom stereocenters. The second kappa shape index (κ2) is 15.6. The van der Waals surface area contributed by atoms with Crippen LogP contribution in [0, 0.1) is 11.6 Å². The smallest absolute Gasteiger partial charge is 0.203 e. The maximum atomic E-state index is 14.7. The topological polar surface area (TPSA) is 38.9 Å². The van der Waals surface area contributed by atoms with Gasteiger partial charge in [0.2, 0.25) is 6.23 Å². The fourth-order valence-corrected chi connectivity index (χ4v) is 6.98. The van der Waals surface area contributed by atoms with Crippen molar-refractivity contribution in [2.24, 2.45) is 9.98 Å². The number of fused-ring (bicyclic) bond motifs is 5. The molecule has 0 amide bonds. The molecule has 1 aliphatic rings. The quantitative estimate of drug-likeness (QED) is 0.151. The van der Waals surface area contributed by atoms with Crippen molar-refractivity contribution in [3.8, 4) is 17.0 Å². The van der Waals surface area contributed by atoms with E-state index in [0.29, 0.717) is 17.0 Å². The lowest BCUT2D eigenvalue weighted by Crippen LogP contribution is -2.22. The van der Waals surface area contributed by atoms with Crippen LogP contribution in [-0.2, 0) is 0 Å². The normalized spacial score (nSPS) is 12.7. The number of aromatic nitrogens is 1. The molecule has 0 spiro atoms. The van der Waals surface area contributed by atoms with Gasteiger partial charge in [0.25, 0.3) is 0 Å². The Bertz CT molecular complexity index is 2550. The molecule has 0 fully saturated rings. The zero-order valence-electron chi connectivity index (χ0n) is 30.4. The first-order valence-corrected chi connectivity index (χ1v) is 18.4. The van der Waals surface area contributed by atoms with Crippen molar-refractivity contribution in [1.82, 2.24) is 4.57 Å². The van der Waals surface area contributed by atoms with Crippen LogP contribution in [0.5, 0.6) is 5.75 Å². The summed E-state index contributed by atoms with van der Waals surface area (Å²) in [4.78, 5) is 10.3. The third-order valence-corrected chi connectivity index (χ3v) is 9.38. The molecule has 268 valence electrons. The predicted molar refractivity (Wildman–Crippen MR) is 220 cm³/mol. The van der Waals surface area contributed by atoms with E-state index in [1.165, 1.54) is 12.1 Å². The minimum Gasteiger partial charge on any atom is -0.465 e. The van der Waals surface area contributed by atoms with Crippen LogP contribution in [-0.4, -0.2) is 16.0 Å². The highest BCUT2D eigenvalue weighted by Gasteiger charge is 2.30. The first-order valence-electron chi connectivity index (χ1n) is 18.4. The van der Waals surface area contributed by atoms with Crippen molar-refractivity contribution in [2.75, 3.05) is 0 Å². The molecule has 0 saturated carbocycles. The number of nitrogens with zero attached hydrogens (tertiary/aromatic N) is 3. The van der Waals surface area contributed by atoms with E-state index >= 15 is 0 Å². The van der Waals surface area contributed by atoms with Crippen LogP contribution in [0.2, 0.25) is 0 Å². The third kappa shape index (κ3) is 7.22. The second-order valence-corrected chi connectivity index (χ2v) is 12.9. The molecular weight excluding hydrogens is 685 g/mol. The number of aliphatic imine (C=N–C) groups is 2. The zero-order valence-corrected chi connectivity index (χ0v) is 30.4. The van der Waals surface area contributed by atoms with Crippen molar-refractivity contribution in [3.05, 3.63) is 221 Å². The molecule has 0 bridgehead atoms. The van der Waals surface area contributed by atoms with Crippen LogP contribution in [0.3, 0.4) is 0 Å². The Hall–Kier alpha value is -6.92. The van der Waals surface area contributed by atoms with E-state index in [1.54, 1.807) is 0 Å². The van der Waals surface area contributed by atoms with Crippen LogP contribution in [0.4, 0.5) is 20.2 Å². The lowest BCUT2D eigenvalue weighted by Gasteiger charge is -2.30. The van der Waals surface area contributed by atoms with Gasteiger partial charge in [-0.2, -0.15) is 0 Å². The van der Waals surface area contributed by atoms with Crippen molar-refractivity contribution in [1.29, 1.82) is 0 Å². The number of hydrogen-bond donors (Lipinski definition) is 0. The number of ether oxygens (including phenoxy) is 1. The average molecular weight is 722 g/mol. The van der Waals surface area contributed by atoms with Crippen molar-refractivity contribution >= 4 is 33.7 Å². The molecule has 7 aromatic carbocycles. The van der Waals surface area contributed by atoms with Gasteiger partial charge in [0.1, 0.15) is 17.4 Å². The molecule has 55 heavy (non-hydrogen) atoms. The van der Waals surface area contributed by atoms with Gasteiger partial charge in [-0.05, 0) is 48.5 Å². The van der Waals surface area contributed by atoms with E-state index < -0.39 is 17.9 Å². The van der Waals surface area contributed by atoms with E-state index in [1.807, 2.05) is 152 Å². The third-order valence-electron chi connectivity index (χ3n) is 9.38. The van der Waals surface area contributed by atoms with Crippen molar-refractivity contribution in [2.45, 2.75) is 20.1 Å². The first kappa shape index (κ1) is 35.1. The van der Waals surface area contributed by atoms with Crippen LogP contribution in [0.15, 0.2) is 192 Å². The molecule has 0 aliphatic carbocycles. The maximum absolute atomic E-state index is 14.7. The average Bonchev–Trinajstić information content (AvgIpc) is 3.62. The Kier molecular flexibility index (Phi) is 9.96. The Morgan fingerprint density at radius 2 is 0.964 bits per heavy atom. The van der Waals surface area contributed by atoms with Crippen molar-refractivity contribution in [3.63, 3.8) is 0 Å². The number of rotatable bonds is 7. The highest BCUT2D eigenvalue weighted by atomic mass is 19.1. The predicted octanol–water partition coefficient (Wildman–Crippen LogP) is 12.9. The van der Waals surface area contributed by atoms with Crippen molar-refractivity contribution < 1.29 is 13.5 Å². The van der Waals surface area contributed by atoms with Crippen LogP contribution in [0.1, 0.15) is 47.9 Å². The van der Waals surface area contributed by atoms with E-state index in [-0.39, 0.29) is 0 Å². The van der Waals surface area contributed by atoms with Crippen LogP contribution >= 0.6 is 0 Å². The summed E-state index contributed by atoms with van der Waals surface area (Å²) in [5, 5.41) is 0.914. The summed E-state index contributed by atoms with van der Waals surface area (Å²) < 4.78 is 38.2. The Labute approximate surface area is 319 Å². The highest BCUT2D eigenvalue weighted by molar-refractivity contribution is 6.14. The van der Waals surface area contributed by atoms with E-state index in [9.17, 15) is 8.78 Å². The van der Waals surface area contributed by atoms with Gasteiger partial charge in [-0.15, -0.1) is 0 Å². The van der Waals surface area contributed by atoms with Gasteiger partial charge in [-0.25, -0.2) is 18.8 Å².